The van der Waals surface area contributed by atoms with Crippen molar-refractivity contribution in [2.75, 3.05) is 5.73 Å². The Morgan fingerprint density at radius 3 is 2.40 bits per heavy atom. The van der Waals surface area contributed by atoms with Crippen LogP contribution in [0.3, 0.4) is 0 Å². The van der Waals surface area contributed by atoms with Gasteiger partial charge in [-0.25, -0.2) is 0 Å². The van der Waals surface area contributed by atoms with Crippen LogP contribution < -0.4 is 5.73 Å². The van der Waals surface area contributed by atoms with Crippen LogP contribution in [0.25, 0.3) is 0 Å². The van der Waals surface area contributed by atoms with Crippen molar-refractivity contribution >= 4 is 39.0 Å². The first kappa shape index (κ1) is 12.3. The van der Waals surface area contributed by atoms with Crippen molar-refractivity contribution in [2.24, 2.45) is 0 Å². The van der Waals surface area contributed by atoms with Crippen molar-refractivity contribution in [1.29, 1.82) is 0 Å². The molecule has 0 fully saturated rings. The second-order valence-corrected chi connectivity index (χ2v) is 3.97. The Balaban J connectivity index is 3.32. The van der Waals surface area contributed by atoms with Crippen LogP contribution in [-0.4, -0.2) is 12.0 Å². The van der Waals surface area contributed by atoms with Crippen LogP contribution in [0, 0.1) is 0 Å². The normalized spacial score (nSPS) is 11.5. The number of halogens is 5. The second kappa shape index (κ2) is 4.02. The van der Waals surface area contributed by atoms with Gasteiger partial charge in [0.25, 0.3) is 5.78 Å². The fourth-order valence-electron chi connectivity index (χ4n) is 0.925. The second-order valence-electron chi connectivity index (χ2n) is 2.68. The molecule has 1 aromatic carbocycles. The van der Waals surface area contributed by atoms with Gasteiger partial charge in [0, 0.05) is 9.50 Å². The topological polar surface area (TPSA) is 43.1 Å². The van der Waals surface area contributed by atoms with Gasteiger partial charge in [-0.3, -0.25) is 4.79 Å². The quantitative estimate of drug-likeness (QED) is 0.638. The summed E-state index contributed by atoms with van der Waals surface area (Å²) in [5.74, 6) is -2.01. The zero-order chi connectivity index (χ0) is 11.8. The van der Waals surface area contributed by atoms with Gasteiger partial charge in [-0.1, -0.05) is 11.6 Å². The first-order valence-corrected chi connectivity index (χ1v) is 4.76. The summed E-state index contributed by atoms with van der Waals surface area (Å²) < 4.78 is 36.5. The van der Waals surface area contributed by atoms with Crippen molar-refractivity contribution in [3.05, 3.63) is 27.2 Å². The standard InChI is InChI=1S/C8H4BrClF3NO/c9-5-2-3(10)1-4(6(5)14)7(15)8(11,12)13/h1-2H,14H2. The molecule has 0 atom stereocenters. The van der Waals surface area contributed by atoms with Crippen LogP contribution in [0.2, 0.25) is 5.02 Å². The molecule has 0 heterocycles. The van der Waals surface area contributed by atoms with Gasteiger partial charge >= 0.3 is 6.18 Å². The van der Waals surface area contributed by atoms with Crippen molar-refractivity contribution in [1.82, 2.24) is 0 Å². The maximum atomic E-state index is 12.1. The molecule has 2 N–H and O–H groups in total. The van der Waals surface area contributed by atoms with Crippen LogP contribution in [0.5, 0.6) is 0 Å². The lowest BCUT2D eigenvalue weighted by Crippen LogP contribution is -2.23. The molecule has 1 rings (SSSR count). The van der Waals surface area contributed by atoms with E-state index in [0.717, 1.165) is 6.07 Å². The predicted octanol–water partition coefficient (Wildman–Crippen LogP) is 3.43. The molecule has 0 radical (unpaired) electrons. The molecule has 0 aliphatic rings. The number of Topliss-reactive ketones (excluding diaryl/α,β-unsaturated/α-hetero) is 1. The minimum absolute atomic E-state index is 0.00340. The fourth-order valence-corrected chi connectivity index (χ4v) is 1.74. The lowest BCUT2D eigenvalue weighted by atomic mass is 10.1. The molecular formula is C8H4BrClF3NO. The maximum absolute atomic E-state index is 12.1. The van der Waals surface area contributed by atoms with Gasteiger partial charge in [-0.2, -0.15) is 13.2 Å². The molecule has 0 saturated carbocycles. The van der Waals surface area contributed by atoms with E-state index in [1.807, 2.05) is 0 Å². The van der Waals surface area contributed by atoms with Gasteiger partial charge in [0.05, 0.1) is 11.3 Å². The summed E-state index contributed by atoms with van der Waals surface area (Å²) in [5.41, 5.74) is 4.40. The van der Waals surface area contributed by atoms with E-state index in [9.17, 15) is 18.0 Å². The number of carbonyl (C=O) groups excluding carboxylic acids is 1. The van der Waals surface area contributed by atoms with Gasteiger partial charge in [0.15, 0.2) is 0 Å². The molecule has 0 saturated heterocycles. The Morgan fingerprint density at radius 2 is 1.93 bits per heavy atom. The Labute approximate surface area is 96.3 Å². The minimum Gasteiger partial charge on any atom is -0.397 e. The van der Waals surface area contributed by atoms with Crippen LogP contribution in [-0.2, 0) is 0 Å². The van der Waals surface area contributed by atoms with Gasteiger partial charge in [0.1, 0.15) is 0 Å². The average Bonchev–Trinajstić information content (AvgIpc) is 2.08. The van der Waals surface area contributed by atoms with Crippen LogP contribution in [0.1, 0.15) is 10.4 Å². The zero-order valence-corrected chi connectivity index (χ0v) is 9.37. The molecule has 0 aromatic heterocycles. The molecule has 82 valence electrons. The highest BCUT2D eigenvalue weighted by atomic mass is 79.9. The summed E-state index contributed by atoms with van der Waals surface area (Å²) in [6.07, 6.45) is -4.96. The summed E-state index contributed by atoms with van der Waals surface area (Å²) in [5, 5.41) is 0.00340. The molecule has 15 heavy (non-hydrogen) atoms. The van der Waals surface area contributed by atoms with E-state index < -0.39 is 17.5 Å². The molecule has 0 amide bonds. The highest BCUT2D eigenvalue weighted by molar-refractivity contribution is 9.10. The third-order valence-corrected chi connectivity index (χ3v) is 2.47. The van der Waals surface area contributed by atoms with Gasteiger partial charge < -0.3 is 5.73 Å². The number of benzene rings is 1. The summed E-state index contributed by atoms with van der Waals surface area (Å²) in [6, 6.07) is 2.20. The lowest BCUT2D eigenvalue weighted by molar-refractivity contribution is -0.0884. The molecule has 0 unspecified atom stereocenters. The molecule has 0 aliphatic carbocycles. The molecule has 0 aliphatic heterocycles. The van der Waals surface area contributed by atoms with E-state index >= 15 is 0 Å². The summed E-state index contributed by atoms with van der Waals surface area (Å²) in [7, 11) is 0. The monoisotopic (exact) mass is 301 g/mol. The smallest absolute Gasteiger partial charge is 0.397 e. The SMILES string of the molecule is Nc1c(Br)cc(Cl)cc1C(=O)C(F)(F)F. The van der Waals surface area contributed by atoms with Gasteiger partial charge in [-0.05, 0) is 28.1 Å². The van der Waals surface area contributed by atoms with E-state index in [4.69, 9.17) is 17.3 Å². The zero-order valence-electron chi connectivity index (χ0n) is 7.03. The molecular weight excluding hydrogens is 298 g/mol. The lowest BCUT2D eigenvalue weighted by Gasteiger charge is -2.09. The summed E-state index contributed by atoms with van der Waals surface area (Å²) in [4.78, 5) is 10.9. The highest BCUT2D eigenvalue weighted by Gasteiger charge is 2.40. The summed E-state index contributed by atoms with van der Waals surface area (Å²) >= 11 is 8.41. The Morgan fingerprint density at radius 1 is 1.40 bits per heavy atom. The number of ketones is 1. The van der Waals surface area contributed by atoms with Crippen LogP contribution in [0.4, 0.5) is 18.9 Å². The number of nitrogens with two attached hydrogens (primary N) is 1. The largest absolute Gasteiger partial charge is 0.454 e. The van der Waals surface area contributed by atoms with Crippen molar-refractivity contribution in [2.45, 2.75) is 6.18 Å². The number of hydrogen-bond acceptors (Lipinski definition) is 2. The molecule has 0 bridgehead atoms. The van der Waals surface area contributed by atoms with E-state index in [2.05, 4.69) is 15.9 Å². The van der Waals surface area contributed by atoms with Gasteiger partial charge in [0.2, 0.25) is 0 Å². The number of rotatable bonds is 1. The molecule has 1 aromatic rings. The van der Waals surface area contributed by atoms with E-state index in [-0.39, 0.29) is 15.2 Å². The number of hydrogen-bond donors (Lipinski definition) is 1. The highest BCUT2D eigenvalue weighted by Crippen LogP contribution is 2.32. The molecule has 7 heteroatoms. The van der Waals surface area contributed by atoms with Crippen LogP contribution >= 0.6 is 27.5 Å². The Kier molecular flexibility index (Phi) is 3.30. The minimum atomic E-state index is -4.96. The first-order chi connectivity index (χ1) is 6.73. The van der Waals surface area contributed by atoms with E-state index in [0.29, 0.717) is 0 Å². The Bertz CT molecular complexity index is 419. The number of alkyl halides is 3. The third kappa shape index (κ3) is 2.63. The van der Waals surface area contributed by atoms with E-state index in [1.54, 1.807) is 0 Å². The number of carbonyl (C=O) groups is 1. The molecule has 2 nitrogen and oxygen atoms in total. The maximum Gasteiger partial charge on any atom is 0.454 e. The predicted molar refractivity (Wildman–Crippen MR) is 53.9 cm³/mol. The third-order valence-electron chi connectivity index (χ3n) is 1.60. The summed E-state index contributed by atoms with van der Waals surface area (Å²) in [6.45, 7) is 0. The van der Waals surface area contributed by atoms with Crippen LogP contribution in [0.15, 0.2) is 16.6 Å². The van der Waals surface area contributed by atoms with Crippen molar-refractivity contribution in [3.8, 4) is 0 Å². The van der Waals surface area contributed by atoms with Crippen molar-refractivity contribution in [3.63, 3.8) is 0 Å². The van der Waals surface area contributed by atoms with E-state index in [1.165, 1.54) is 6.07 Å². The van der Waals surface area contributed by atoms with Crippen molar-refractivity contribution < 1.29 is 18.0 Å². The Hall–Kier alpha value is -0.750. The van der Waals surface area contributed by atoms with Gasteiger partial charge in [-0.15, -0.1) is 0 Å². The molecule has 0 spiro atoms. The number of nitrogen functional groups attached to an aromatic ring is 1. The first-order valence-electron chi connectivity index (χ1n) is 3.59. The fraction of sp³-hybridized carbons (Fsp3) is 0.125. The number of anilines is 1. The average molecular weight is 302 g/mol.